The molecule has 1 aliphatic carbocycles. The van der Waals surface area contributed by atoms with Crippen LogP contribution in [0.15, 0.2) is 180 Å². The first-order valence-electron chi connectivity index (χ1n) is 30.3. The van der Waals surface area contributed by atoms with Crippen molar-refractivity contribution in [3.05, 3.63) is 208 Å². The molecule has 82 heavy (non-hydrogen) atoms. The van der Waals surface area contributed by atoms with E-state index >= 15 is 0 Å². The molecule has 3 N–H and O–H groups in total. The zero-order chi connectivity index (χ0) is 57.7. The number of allylic oxidation sites excluding steroid dienone is 8. The Hall–Kier alpha value is -6.30. The molecule has 3 aliphatic heterocycles. The van der Waals surface area contributed by atoms with Crippen molar-refractivity contribution in [2.45, 2.75) is 192 Å². The summed E-state index contributed by atoms with van der Waals surface area (Å²) in [7, 11) is 2.19. The van der Waals surface area contributed by atoms with E-state index in [-0.39, 0.29) is 47.1 Å². The number of likely N-dealkylation sites (N-methyl/N-ethyl adjacent to an activating group) is 1. The van der Waals surface area contributed by atoms with Gasteiger partial charge in [-0.2, -0.15) is 0 Å². The van der Waals surface area contributed by atoms with Gasteiger partial charge in [0.15, 0.2) is 12.6 Å². The molecule has 9 nitrogen and oxygen atoms in total. The van der Waals surface area contributed by atoms with Crippen molar-refractivity contribution in [2.24, 2.45) is 0 Å². The van der Waals surface area contributed by atoms with Gasteiger partial charge in [0.25, 0.3) is 0 Å². The van der Waals surface area contributed by atoms with E-state index in [0.29, 0.717) is 19.3 Å². The van der Waals surface area contributed by atoms with Crippen LogP contribution in [-0.2, 0) is 29.8 Å². The van der Waals surface area contributed by atoms with Crippen LogP contribution in [0.1, 0.15) is 165 Å². The summed E-state index contributed by atoms with van der Waals surface area (Å²) in [5.41, 5.74) is 10.8. The van der Waals surface area contributed by atoms with Gasteiger partial charge >= 0.3 is 0 Å². The topological polar surface area (TPSA) is 110 Å². The number of anilines is 1. The predicted molar refractivity (Wildman–Crippen MR) is 332 cm³/mol. The second-order valence-corrected chi connectivity index (χ2v) is 24.6. The summed E-state index contributed by atoms with van der Waals surface area (Å²) in [6.07, 6.45) is 16.5. The summed E-state index contributed by atoms with van der Waals surface area (Å²) in [5.74, 6) is 1.78. The van der Waals surface area contributed by atoms with Crippen molar-refractivity contribution in [3.63, 3.8) is 0 Å². The minimum Gasteiger partial charge on any atom is -0.508 e. The van der Waals surface area contributed by atoms with Crippen LogP contribution in [0.3, 0.4) is 0 Å². The Morgan fingerprint density at radius 2 is 1.30 bits per heavy atom. The van der Waals surface area contributed by atoms with Crippen LogP contribution in [0.5, 0.6) is 11.5 Å². The first-order chi connectivity index (χ1) is 39.5. The Balaban J connectivity index is 0.917. The lowest BCUT2D eigenvalue weighted by Crippen LogP contribution is -2.38. The van der Waals surface area contributed by atoms with Crippen LogP contribution in [0.2, 0.25) is 0 Å². The number of phenolic OH excluding ortho intramolecular Hbond substituents is 1. The third kappa shape index (κ3) is 13.1. The molecule has 8 unspecified atom stereocenters. The van der Waals surface area contributed by atoms with Gasteiger partial charge in [0.1, 0.15) is 17.3 Å². The van der Waals surface area contributed by atoms with Gasteiger partial charge < -0.3 is 43.9 Å². The number of phenols is 1. The standard InChI is InChI=1S/C73H87NO8/c1-10-55(75)22-17-23-59-45-60(80-70(79-59)53-30-36-57(77)37-31-53)40-41-61-46-62(44-56(76)11-2)82-71(81-61)54-32-38-58(39-33-54)78-69-51(29-27-48(4)72(5,6)67-47(3)26-28-49-18-12-14-24-63(49)67)20-16-21-52(69)35-43-66-73(7,8)68-64-25-15-13-19-50(64)34-42-65(68)74(66)9/h12-15,18-19,24-39,42-43,55-56,59-62,70-71,75-77H,4,10-11,16-17,20-23,40-41,44-46H2,1-3,5-9H3/b29-27+,52-35+,66-43+. The number of aromatic hydroxyl groups is 1. The number of hydrogen-bond donors (Lipinski definition) is 3. The van der Waals surface area contributed by atoms with Crippen molar-refractivity contribution in [1.82, 2.24) is 0 Å². The van der Waals surface area contributed by atoms with Crippen LogP contribution >= 0.6 is 0 Å². The molecule has 0 saturated carbocycles. The predicted octanol–water partition coefficient (Wildman–Crippen LogP) is 17.1. The lowest BCUT2D eigenvalue weighted by atomic mass is 9.74. The highest BCUT2D eigenvalue weighted by atomic mass is 16.7. The second-order valence-electron chi connectivity index (χ2n) is 24.6. The third-order valence-corrected chi connectivity index (χ3v) is 18.1. The van der Waals surface area contributed by atoms with E-state index in [1.807, 2.05) is 38.1 Å². The highest BCUT2D eigenvalue weighted by Crippen LogP contribution is 2.50. The van der Waals surface area contributed by atoms with Gasteiger partial charge in [-0.05, 0) is 169 Å². The Kier molecular flexibility index (Phi) is 18.4. The Bertz CT molecular complexity index is 3330. The van der Waals surface area contributed by atoms with Crippen molar-refractivity contribution in [2.75, 3.05) is 11.9 Å². The largest absolute Gasteiger partial charge is 0.508 e. The van der Waals surface area contributed by atoms with Gasteiger partial charge in [0.2, 0.25) is 0 Å². The van der Waals surface area contributed by atoms with Crippen LogP contribution in [0.25, 0.3) is 21.5 Å². The van der Waals surface area contributed by atoms with E-state index in [4.69, 9.17) is 30.3 Å². The highest BCUT2D eigenvalue weighted by molar-refractivity contribution is 5.95. The van der Waals surface area contributed by atoms with Crippen molar-refractivity contribution < 1.29 is 39.0 Å². The van der Waals surface area contributed by atoms with Crippen LogP contribution in [0, 0.1) is 6.92 Å². The van der Waals surface area contributed by atoms with E-state index in [1.165, 1.54) is 49.6 Å². The molecule has 0 aromatic heterocycles. The molecule has 0 amide bonds. The molecule has 4 aliphatic rings. The molecule has 3 heterocycles. The number of fused-ring (bicyclic) bond motifs is 4. The molecular formula is C73H87NO8. The van der Waals surface area contributed by atoms with Crippen molar-refractivity contribution in [1.29, 1.82) is 0 Å². The van der Waals surface area contributed by atoms with Crippen molar-refractivity contribution >= 4 is 27.2 Å². The van der Waals surface area contributed by atoms with E-state index in [9.17, 15) is 15.3 Å². The average molecular weight is 1110 g/mol. The van der Waals surface area contributed by atoms with Crippen LogP contribution in [0.4, 0.5) is 5.69 Å². The fourth-order valence-corrected chi connectivity index (χ4v) is 13.2. The zero-order valence-electron chi connectivity index (χ0n) is 49.7. The van der Waals surface area contributed by atoms with E-state index < -0.39 is 18.7 Å². The summed E-state index contributed by atoms with van der Waals surface area (Å²) < 4.78 is 33.9. The van der Waals surface area contributed by atoms with Gasteiger partial charge in [-0.1, -0.05) is 157 Å². The lowest BCUT2D eigenvalue weighted by Gasteiger charge is -2.39. The van der Waals surface area contributed by atoms with Gasteiger partial charge in [0.05, 0.1) is 36.6 Å². The normalized spacial score (nSPS) is 24.0. The number of nitrogens with zero attached hydrogens (tertiary/aromatic N) is 1. The summed E-state index contributed by atoms with van der Waals surface area (Å²) >= 11 is 0. The van der Waals surface area contributed by atoms with E-state index in [1.54, 1.807) is 12.1 Å². The fourth-order valence-electron chi connectivity index (χ4n) is 13.2. The monoisotopic (exact) mass is 1110 g/mol. The number of aryl methyl sites for hydroxylation is 1. The number of aliphatic hydroxyl groups excluding tert-OH is 2. The molecule has 6 aromatic rings. The maximum absolute atomic E-state index is 10.9. The Labute approximate surface area is 487 Å². The minimum atomic E-state index is -0.637. The molecule has 0 radical (unpaired) electrons. The highest BCUT2D eigenvalue weighted by Gasteiger charge is 2.40. The SMILES string of the molecule is C=C(/C=C/C1=C(Oc2ccc(C3OC(CCC4CC(CCCC(O)CC)OC(c5ccc(O)cc5)O4)CC(CC(O)CC)O3)cc2)C(=C/C=C2/N(C)c3ccc4ccccc4c3C2(C)C)/CCC1)C(C)(C)c1c(C)ccc2ccccc12. The number of benzene rings is 6. The average Bonchev–Trinajstić information content (AvgIpc) is 3.43. The summed E-state index contributed by atoms with van der Waals surface area (Å²) in [6.45, 7) is 20.2. The maximum Gasteiger partial charge on any atom is 0.184 e. The third-order valence-electron chi connectivity index (χ3n) is 18.1. The molecule has 0 bridgehead atoms. The lowest BCUT2D eigenvalue weighted by molar-refractivity contribution is -0.264. The maximum atomic E-state index is 10.9. The van der Waals surface area contributed by atoms with E-state index in [2.05, 4.69) is 156 Å². The molecular weight excluding hydrogens is 1020 g/mol. The molecule has 0 spiro atoms. The number of rotatable bonds is 20. The summed E-state index contributed by atoms with van der Waals surface area (Å²) in [5, 5.41) is 36.3. The molecule has 9 heteroatoms. The van der Waals surface area contributed by atoms with Crippen LogP contribution in [-0.4, -0.2) is 59.0 Å². The smallest absolute Gasteiger partial charge is 0.184 e. The molecule has 2 fully saturated rings. The van der Waals surface area contributed by atoms with Crippen LogP contribution < -0.4 is 9.64 Å². The Morgan fingerprint density at radius 3 is 1.98 bits per heavy atom. The van der Waals surface area contributed by atoms with Gasteiger partial charge in [-0.25, -0.2) is 0 Å². The first-order valence-corrected chi connectivity index (χ1v) is 30.3. The number of ether oxygens (including phenoxy) is 5. The quantitative estimate of drug-likeness (QED) is 0.0644. The summed E-state index contributed by atoms with van der Waals surface area (Å²) in [6, 6.07) is 41.5. The molecule has 6 aromatic carbocycles. The zero-order valence-corrected chi connectivity index (χ0v) is 49.7. The molecule has 8 atom stereocenters. The second kappa shape index (κ2) is 25.7. The fraction of sp³-hybridized carbons (Fsp3) is 0.425. The van der Waals surface area contributed by atoms with Gasteiger partial charge in [-0.15, -0.1) is 0 Å². The van der Waals surface area contributed by atoms with Gasteiger partial charge in [-0.3, -0.25) is 0 Å². The minimum absolute atomic E-state index is 0.0324. The molecule has 432 valence electrons. The first kappa shape index (κ1) is 58.9. The molecule has 2 saturated heterocycles. The molecule has 10 rings (SSSR count). The Morgan fingerprint density at radius 1 is 0.720 bits per heavy atom. The van der Waals surface area contributed by atoms with Crippen molar-refractivity contribution in [3.8, 4) is 11.5 Å². The van der Waals surface area contributed by atoms with Gasteiger partial charge in [0, 0.05) is 53.2 Å². The summed E-state index contributed by atoms with van der Waals surface area (Å²) in [4.78, 5) is 2.35. The number of aliphatic hydroxyl groups is 2. The number of hydrogen-bond acceptors (Lipinski definition) is 9. The van der Waals surface area contributed by atoms with E-state index in [0.717, 1.165) is 104 Å².